The second-order valence-corrected chi connectivity index (χ2v) is 6.31. The minimum absolute atomic E-state index is 0.0239. The Hall–Kier alpha value is -1.49. The van der Waals surface area contributed by atoms with Gasteiger partial charge in [-0.05, 0) is 42.9 Å². The van der Waals surface area contributed by atoms with Gasteiger partial charge in [-0.3, -0.25) is 4.79 Å². The maximum Gasteiger partial charge on any atom is 0.335 e. The lowest BCUT2D eigenvalue weighted by atomic mass is 10.0. The second kappa shape index (κ2) is 9.45. The molecule has 0 fully saturated rings. The minimum Gasteiger partial charge on any atom is -0.478 e. The molecule has 4 nitrogen and oxygen atoms in total. The maximum absolute atomic E-state index is 11.9. The SMILES string of the molecule is CCSCCC(C)NC(=O)CCc1ccccc1C(=O)O. The monoisotopic (exact) mass is 309 g/mol. The number of hydrogen-bond donors (Lipinski definition) is 2. The van der Waals surface area contributed by atoms with Gasteiger partial charge >= 0.3 is 5.97 Å². The van der Waals surface area contributed by atoms with Gasteiger partial charge in [0.1, 0.15) is 0 Å². The number of benzene rings is 1. The molecule has 0 aromatic heterocycles. The average Bonchev–Trinajstić information content (AvgIpc) is 2.45. The summed E-state index contributed by atoms with van der Waals surface area (Å²) >= 11 is 1.86. The molecule has 1 amide bonds. The summed E-state index contributed by atoms with van der Waals surface area (Å²) in [5.41, 5.74) is 0.979. The standard InChI is InChI=1S/C16H23NO3S/c1-3-21-11-10-12(2)17-15(18)9-8-13-6-4-5-7-14(13)16(19)20/h4-7,12H,3,8-11H2,1-2H3,(H,17,18)(H,19,20). The Morgan fingerprint density at radius 2 is 2.05 bits per heavy atom. The molecule has 1 aromatic rings. The first-order valence-corrected chi connectivity index (χ1v) is 8.38. The number of aromatic carboxylic acids is 1. The summed E-state index contributed by atoms with van der Waals surface area (Å²) in [6.45, 7) is 4.12. The molecule has 0 saturated heterocycles. The number of hydrogen-bond acceptors (Lipinski definition) is 3. The van der Waals surface area contributed by atoms with Gasteiger partial charge in [0.2, 0.25) is 5.91 Å². The van der Waals surface area contributed by atoms with Gasteiger partial charge in [-0.2, -0.15) is 11.8 Å². The number of amides is 1. The lowest BCUT2D eigenvalue weighted by Gasteiger charge is -2.13. The summed E-state index contributed by atoms with van der Waals surface area (Å²) in [7, 11) is 0. The molecule has 1 rings (SSSR count). The molecule has 116 valence electrons. The third-order valence-corrected chi connectivity index (χ3v) is 4.11. The molecule has 21 heavy (non-hydrogen) atoms. The molecule has 0 bridgehead atoms. The molecule has 0 heterocycles. The first kappa shape index (κ1) is 17.6. The number of carboxylic acid groups (broad SMARTS) is 1. The molecule has 0 saturated carbocycles. The average molecular weight is 309 g/mol. The Balaban J connectivity index is 2.41. The molecular formula is C16H23NO3S. The predicted molar refractivity (Wildman–Crippen MR) is 86.9 cm³/mol. The summed E-state index contributed by atoms with van der Waals surface area (Å²) in [5.74, 6) is 1.16. The largest absolute Gasteiger partial charge is 0.478 e. The molecule has 1 unspecified atom stereocenters. The van der Waals surface area contributed by atoms with E-state index in [1.54, 1.807) is 24.3 Å². The number of nitrogens with one attached hydrogen (secondary N) is 1. The van der Waals surface area contributed by atoms with Crippen LogP contribution in [0.15, 0.2) is 24.3 Å². The molecule has 2 N–H and O–H groups in total. The third kappa shape index (κ3) is 6.67. The summed E-state index contributed by atoms with van der Waals surface area (Å²) in [6.07, 6.45) is 1.72. The predicted octanol–water partition coefficient (Wildman–Crippen LogP) is 2.97. The first-order valence-electron chi connectivity index (χ1n) is 7.23. The Bertz CT molecular complexity index is 476. The van der Waals surface area contributed by atoms with E-state index in [1.165, 1.54) is 0 Å². The Labute approximate surface area is 130 Å². The number of carboxylic acids is 1. The van der Waals surface area contributed by atoms with E-state index in [4.69, 9.17) is 5.11 Å². The summed E-state index contributed by atoms with van der Waals surface area (Å²) in [6, 6.07) is 6.98. The highest BCUT2D eigenvalue weighted by atomic mass is 32.2. The van der Waals surface area contributed by atoms with E-state index in [0.717, 1.165) is 17.9 Å². The van der Waals surface area contributed by atoms with Crippen LogP contribution in [-0.2, 0) is 11.2 Å². The Morgan fingerprint density at radius 1 is 1.33 bits per heavy atom. The normalized spacial score (nSPS) is 11.9. The number of carbonyl (C=O) groups is 2. The van der Waals surface area contributed by atoms with Gasteiger partial charge < -0.3 is 10.4 Å². The van der Waals surface area contributed by atoms with E-state index in [0.29, 0.717) is 18.4 Å². The highest BCUT2D eigenvalue weighted by Crippen LogP contribution is 2.11. The number of rotatable bonds is 9. The van der Waals surface area contributed by atoms with Crippen LogP contribution in [0.2, 0.25) is 0 Å². The van der Waals surface area contributed by atoms with Crippen LogP contribution >= 0.6 is 11.8 Å². The van der Waals surface area contributed by atoms with Gasteiger partial charge in [0.15, 0.2) is 0 Å². The molecule has 0 aliphatic rings. The third-order valence-electron chi connectivity index (χ3n) is 3.18. The van der Waals surface area contributed by atoms with Crippen molar-refractivity contribution in [2.75, 3.05) is 11.5 Å². The zero-order valence-electron chi connectivity index (χ0n) is 12.6. The van der Waals surface area contributed by atoms with Crippen molar-refractivity contribution in [1.82, 2.24) is 5.32 Å². The maximum atomic E-state index is 11.9. The van der Waals surface area contributed by atoms with Gasteiger partial charge in [0, 0.05) is 12.5 Å². The van der Waals surface area contributed by atoms with E-state index < -0.39 is 5.97 Å². The van der Waals surface area contributed by atoms with E-state index >= 15 is 0 Å². The summed E-state index contributed by atoms with van der Waals surface area (Å²) < 4.78 is 0. The van der Waals surface area contributed by atoms with E-state index in [2.05, 4.69) is 12.2 Å². The van der Waals surface area contributed by atoms with Crippen molar-refractivity contribution in [3.63, 3.8) is 0 Å². The molecule has 1 aromatic carbocycles. The lowest BCUT2D eigenvalue weighted by Crippen LogP contribution is -2.33. The van der Waals surface area contributed by atoms with Crippen LogP contribution in [0.4, 0.5) is 0 Å². The van der Waals surface area contributed by atoms with Crippen LogP contribution in [0.3, 0.4) is 0 Å². The zero-order chi connectivity index (χ0) is 15.7. The van der Waals surface area contributed by atoms with Crippen molar-refractivity contribution in [2.45, 2.75) is 39.2 Å². The van der Waals surface area contributed by atoms with Gasteiger partial charge in [-0.1, -0.05) is 25.1 Å². The molecule has 0 aliphatic heterocycles. The van der Waals surface area contributed by atoms with Gasteiger partial charge in [-0.25, -0.2) is 4.79 Å². The highest BCUT2D eigenvalue weighted by Gasteiger charge is 2.12. The second-order valence-electron chi connectivity index (χ2n) is 4.92. The zero-order valence-corrected chi connectivity index (χ0v) is 13.4. The van der Waals surface area contributed by atoms with Crippen molar-refractivity contribution in [1.29, 1.82) is 0 Å². The molecule has 5 heteroatoms. The Kier molecular flexibility index (Phi) is 7.90. The van der Waals surface area contributed by atoms with E-state index in [-0.39, 0.29) is 17.5 Å². The smallest absolute Gasteiger partial charge is 0.335 e. The van der Waals surface area contributed by atoms with Crippen molar-refractivity contribution in [2.24, 2.45) is 0 Å². The quantitative estimate of drug-likeness (QED) is 0.688. The summed E-state index contributed by atoms with van der Waals surface area (Å²) in [5, 5.41) is 12.1. The molecule has 0 spiro atoms. The van der Waals surface area contributed by atoms with Crippen LogP contribution in [0.5, 0.6) is 0 Å². The Morgan fingerprint density at radius 3 is 2.71 bits per heavy atom. The van der Waals surface area contributed by atoms with Crippen molar-refractivity contribution in [3.8, 4) is 0 Å². The first-order chi connectivity index (χ1) is 10.0. The number of carbonyl (C=O) groups excluding carboxylic acids is 1. The van der Waals surface area contributed by atoms with E-state index in [1.807, 2.05) is 18.7 Å². The fourth-order valence-electron chi connectivity index (χ4n) is 2.02. The fourth-order valence-corrected chi connectivity index (χ4v) is 2.83. The molecule has 0 aliphatic carbocycles. The molecule has 1 atom stereocenters. The van der Waals surface area contributed by atoms with Crippen LogP contribution in [0.25, 0.3) is 0 Å². The minimum atomic E-state index is -0.948. The summed E-state index contributed by atoms with van der Waals surface area (Å²) in [4.78, 5) is 23.0. The van der Waals surface area contributed by atoms with Crippen molar-refractivity contribution < 1.29 is 14.7 Å². The van der Waals surface area contributed by atoms with Crippen LogP contribution in [-0.4, -0.2) is 34.5 Å². The van der Waals surface area contributed by atoms with Crippen LogP contribution in [0, 0.1) is 0 Å². The lowest BCUT2D eigenvalue weighted by molar-refractivity contribution is -0.121. The molecule has 0 radical (unpaired) electrons. The van der Waals surface area contributed by atoms with Crippen LogP contribution < -0.4 is 5.32 Å². The number of aryl methyl sites for hydroxylation is 1. The van der Waals surface area contributed by atoms with Crippen molar-refractivity contribution >= 4 is 23.6 Å². The van der Waals surface area contributed by atoms with Gasteiger partial charge in [0.25, 0.3) is 0 Å². The topological polar surface area (TPSA) is 66.4 Å². The number of thioether (sulfide) groups is 1. The highest BCUT2D eigenvalue weighted by molar-refractivity contribution is 7.99. The van der Waals surface area contributed by atoms with E-state index in [9.17, 15) is 9.59 Å². The molecular weight excluding hydrogens is 286 g/mol. The van der Waals surface area contributed by atoms with Gasteiger partial charge in [-0.15, -0.1) is 0 Å². The van der Waals surface area contributed by atoms with Gasteiger partial charge in [0.05, 0.1) is 5.56 Å². The van der Waals surface area contributed by atoms with Crippen molar-refractivity contribution in [3.05, 3.63) is 35.4 Å². The van der Waals surface area contributed by atoms with Crippen LogP contribution in [0.1, 0.15) is 42.6 Å². The fraction of sp³-hybridized carbons (Fsp3) is 0.500.